The fourth-order valence-corrected chi connectivity index (χ4v) is 3.60. The third-order valence-corrected chi connectivity index (χ3v) is 4.68. The molecule has 5 nitrogen and oxygen atoms in total. The minimum absolute atomic E-state index is 0.0225. The normalized spacial score (nSPS) is 11.1. The van der Waals surface area contributed by atoms with E-state index in [1.165, 1.54) is 11.8 Å². The molecule has 24 heavy (non-hydrogen) atoms. The van der Waals surface area contributed by atoms with E-state index < -0.39 is 0 Å². The van der Waals surface area contributed by atoms with Crippen LogP contribution in [0.5, 0.6) is 0 Å². The van der Waals surface area contributed by atoms with Gasteiger partial charge in [0.25, 0.3) is 5.56 Å². The van der Waals surface area contributed by atoms with Crippen LogP contribution in [0.15, 0.2) is 46.5 Å². The number of rotatable bonds is 4. The number of hydrogen-bond acceptors (Lipinski definition) is 4. The third-order valence-electron chi connectivity index (χ3n) is 3.86. The SMILES string of the molecule is CC(C)n1c(SCC#N)nc2c(-c3ccccc3)cn(C)c2c1=O. The Bertz CT molecular complexity index is 980. The molecule has 2 aromatic heterocycles. The third kappa shape index (κ3) is 2.72. The van der Waals surface area contributed by atoms with Gasteiger partial charge < -0.3 is 4.57 Å². The van der Waals surface area contributed by atoms with Crippen molar-refractivity contribution in [3.63, 3.8) is 0 Å². The second kappa shape index (κ2) is 6.54. The van der Waals surface area contributed by atoms with Crippen molar-refractivity contribution in [1.29, 1.82) is 5.26 Å². The van der Waals surface area contributed by atoms with E-state index in [0.717, 1.165) is 11.1 Å². The molecule has 0 bridgehead atoms. The van der Waals surface area contributed by atoms with Gasteiger partial charge in [-0.3, -0.25) is 9.36 Å². The molecular weight excluding hydrogens is 320 g/mol. The van der Waals surface area contributed by atoms with Gasteiger partial charge in [0, 0.05) is 24.8 Å². The van der Waals surface area contributed by atoms with E-state index in [1.54, 1.807) is 4.57 Å². The zero-order valence-corrected chi connectivity index (χ0v) is 14.7. The Morgan fingerprint density at radius 3 is 2.62 bits per heavy atom. The molecule has 0 atom stereocenters. The lowest BCUT2D eigenvalue weighted by molar-refractivity contribution is 0.517. The first kappa shape index (κ1) is 16.3. The minimum Gasteiger partial charge on any atom is -0.344 e. The second-order valence-corrected chi connectivity index (χ2v) is 6.77. The highest BCUT2D eigenvalue weighted by atomic mass is 32.2. The molecule has 1 aromatic carbocycles. The number of thioether (sulfide) groups is 1. The second-order valence-electron chi connectivity index (χ2n) is 5.83. The summed E-state index contributed by atoms with van der Waals surface area (Å²) in [5.74, 6) is 0.262. The number of hydrogen-bond donors (Lipinski definition) is 0. The summed E-state index contributed by atoms with van der Waals surface area (Å²) in [5.41, 5.74) is 3.16. The first-order valence-corrected chi connectivity index (χ1v) is 8.70. The Morgan fingerprint density at radius 1 is 1.29 bits per heavy atom. The zero-order chi connectivity index (χ0) is 17.3. The monoisotopic (exact) mass is 338 g/mol. The fraction of sp³-hybridized carbons (Fsp3) is 0.278. The number of aromatic nitrogens is 3. The summed E-state index contributed by atoms with van der Waals surface area (Å²) in [6, 6.07) is 12.0. The van der Waals surface area contributed by atoms with Crippen LogP contribution < -0.4 is 5.56 Å². The van der Waals surface area contributed by atoms with Gasteiger partial charge in [0.2, 0.25) is 0 Å². The first-order chi connectivity index (χ1) is 11.5. The maximum Gasteiger partial charge on any atom is 0.278 e. The summed E-state index contributed by atoms with van der Waals surface area (Å²) in [6.45, 7) is 3.90. The van der Waals surface area contributed by atoms with Gasteiger partial charge in [-0.25, -0.2) is 4.98 Å². The van der Waals surface area contributed by atoms with Crippen molar-refractivity contribution in [1.82, 2.24) is 14.1 Å². The van der Waals surface area contributed by atoms with E-state index in [9.17, 15) is 4.79 Å². The highest BCUT2D eigenvalue weighted by molar-refractivity contribution is 7.99. The van der Waals surface area contributed by atoms with E-state index in [4.69, 9.17) is 10.2 Å². The van der Waals surface area contributed by atoms with Crippen molar-refractivity contribution < 1.29 is 0 Å². The van der Waals surface area contributed by atoms with E-state index in [0.29, 0.717) is 16.2 Å². The number of nitrogens with zero attached hydrogens (tertiary/aromatic N) is 4. The molecule has 0 unspecified atom stereocenters. The Labute approximate surface area is 144 Å². The lowest BCUT2D eigenvalue weighted by atomic mass is 10.1. The first-order valence-electron chi connectivity index (χ1n) is 7.71. The van der Waals surface area contributed by atoms with Gasteiger partial charge >= 0.3 is 0 Å². The van der Waals surface area contributed by atoms with Gasteiger partial charge in [0.15, 0.2) is 5.16 Å². The Kier molecular flexibility index (Phi) is 4.45. The fourth-order valence-electron chi connectivity index (χ4n) is 2.81. The quantitative estimate of drug-likeness (QED) is 0.538. The molecule has 0 aliphatic carbocycles. The van der Waals surface area contributed by atoms with Gasteiger partial charge in [-0.1, -0.05) is 42.1 Å². The topological polar surface area (TPSA) is 63.6 Å². The number of aryl methyl sites for hydroxylation is 1. The molecule has 0 radical (unpaired) electrons. The van der Waals surface area contributed by atoms with Gasteiger partial charge in [-0.05, 0) is 19.4 Å². The van der Waals surface area contributed by atoms with E-state index in [1.807, 2.05) is 62.0 Å². The molecule has 0 amide bonds. The van der Waals surface area contributed by atoms with E-state index in [2.05, 4.69) is 6.07 Å². The van der Waals surface area contributed by atoms with Crippen molar-refractivity contribution >= 4 is 22.8 Å². The van der Waals surface area contributed by atoms with Crippen LogP contribution in [-0.2, 0) is 7.05 Å². The average Bonchev–Trinajstić information content (AvgIpc) is 2.90. The molecule has 0 N–H and O–H groups in total. The number of benzene rings is 1. The molecule has 0 aliphatic rings. The molecule has 122 valence electrons. The van der Waals surface area contributed by atoms with Crippen molar-refractivity contribution in [2.24, 2.45) is 7.05 Å². The molecule has 0 saturated heterocycles. The van der Waals surface area contributed by atoms with Crippen LogP contribution in [-0.4, -0.2) is 19.9 Å². The van der Waals surface area contributed by atoms with Gasteiger partial charge in [0.05, 0.1) is 11.8 Å². The summed E-state index contributed by atoms with van der Waals surface area (Å²) >= 11 is 1.30. The molecule has 6 heteroatoms. The van der Waals surface area contributed by atoms with Gasteiger partial charge in [0.1, 0.15) is 11.0 Å². The highest BCUT2D eigenvalue weighted by Gasteiger charge is 2.19. The van der Waals surface area contributed by atoms with Crippen LogP contribution in [0.2, 0.25) is 0 Å². The van der Waals surface area contributed by atoms with Crippen molar-refractivity contribution in [3.8, 4) is 17.2 Å². The molecule has 0 saturated carbocycles. The predicted octanol–water partition coefficient (Wildman–Crippen LogP) is 3.60. The number of fused-ring (bicyclic) bond motifs is 1. The van der Waals surface area contributed by atoms with E-state index >= 15 is 0 Å². The Morgan fingerprint density at radius 2 is 2.00 bits per heavy atom. The maximum atomic E-state index is 13.0. The highest BCUT2D eigenvalue weighted by Crippen LogP contribution is 2.29. The Balaban J connectivity index is 2.34. The largest absolute Gasteiger partial charge is 0.344 e. The maximum absolute atomic E-state index is 13.0. The van der Waals surface area contributed by atoms with Crippen LogP contribution in [0.1, 0.15) is 19.9 Å². The molecule has 0 aliphatic heterocycles. The molecular formula is C18H18N4OS. The summed E-state index contributed by atoms with van der Waals surface area (Å²) in [7, 11) is 1.87. The average molecular weight is 338 g/mol. The molecule has 3 aromatic rings. The summed E-state index contributed by atoms with van der Waals surface area (Å²) < 4.78 is 3.50. The summed E-state index contributed by atoms with van der Waals surface area (Å²) in [4.78, 5) is 17.8. The smallest absolute Gasteiger partial charge is 0.278 e. The van der Waals surface area contributed by atoms with Crippen LogP contribution in [0.25, 0.3) is 22.2 Å². The van der Waals surface area contributed by atoms with E-state index in [-0.39, 0.29) is 17.4 Å². The van der Waals surface area contributed by atoms with Crippen molar-refractivity contribution in [3.05, 3.63) is 46.9 Å². The van der Waals surface area contributed by atoms with Crippen LogP contribution in [0, 0.1) is 11.3 Å². The predicted molar refractivity (Wildman–Crippen MR) is 97.1 cm³/mol. The summed E-state index contributed by atoms with van der Waals surface area (Å²) in [5, 5.41) is 9.48. The molecule has 0 fully saturated rings. The van der Waals surface area contributed by atoms with Gasteiger partial charge in [-0.15, -0.1) is 0 Å². The molecule has 0 spiro atoms. The molecule has 3 rings (SSSR count). The zero-order valence-electron chi connectivity index (χ0n) is 13.9. The van der Waals surface area contributed by atoms with Crippen molar-refractivity contribution in [2.45, 2.75) is 25.0 Å². The molecule has 2 heterocycles. The standard InChI is InChI=1S/C18H18N4OS/c1-12(2)22-17(23)16-15(20-18(22)24-10-9-19)14(11-21(16)3)13-7-5-4-6-8-13/h4-8,11-12H,10H2,1-3H3. The van der Waals surface area contributed by atoms with Gasteiger partial charge in [-0.2, -0.15) is 5.26 Å². The lowest BCUT2D eigenvalue weighted by Gasteiger charge is -2.15. The van der Waals surface area contributed by atoms with Crippen molar-refractivity contribution in [2.75, 3.05) is 5.75 Å². The van der Waals surface area contributed by atoms with Crippen LogP contribution in [0.4, 0.5) is 0 Å². The number of nitriles is 1. The summed E-state index contributed by atoms with van der Waals surface area (Å²) in [6.07, 6.45) is 1.94. The Hall–Kier alpha value is -2.52. The lowest BCUT2D eigenvalue weighted by Crippen LogP contribution is -2.26. The van der Waals surface area contributed by atoms with Crippen LogP contribution in [0.3, 0.4) is 0 Å². The van der Waals surface area contributed by atoms with Crippen LogP contribution >= 0.6 is 11.8 Å². The minimum atomic E-state index is -0.0693.